The molecule has 3 aromatic rings. The Morgan fingerprint density at radius 3 is 1.00 bits per heavy atom. The molecular weight excluding hydrogens is 376 g/mol. The summed E-state index contributed by atoms with van der Waals surface area (Å²) in [6, 6.07) is 29.6. The predicted octanol–water partition coefficient (Wildman–Crippen LogP) is 5.74. The van der Waals surface area contributed by atoms with Gasteiger partial charge in [-0.05, 0) is 0 Å². The molecule has 27 heavy (non-hydrogen) atoms. The van der Waals surface area contributed by atoms with Crippen molar-refractivity contribution >= 4 is 0 Å². The third kappa shape index (κ3) is 8.21. The summed E-state index contributed by atoms with van der Waals surface area (Å²) in [7, 11) is 0. The van der Waals surface area contributed by atoms with Crippen LogP contribution in [0.25, 0.3) is 0 Å². The summed E-state index contributed by atoms with van der Waals surface area (Å²) in [6.45, 7) is 4.00. The molecule has 0 amide bonds. The molecule has 0 saturated carbocycles. The third-order valence-corrected chi connectivity index (χ3v) is 5.52. The summed E-state index contributed by atoms with van der Waals surface area (Å²) in [5.74, 6) is 2.65. The molecule has 0 atom stereocenters. The molecule has 0 radical (unpaired) electrons. The average molecular weight is 403 g/mol. The monoisotopic (exact) mass is 403 g/mol. The van der Waals surface area contributed by atoms with E-state index in [1.807, 2.05) is 105 Å². The van der Waals surface area contributed by atoms with Crippen LogP contribution in [0.3, 0.4) is 0 Å². The van der Waals surface area contributed by atoms with Crippen molar-refractivity contribution in [3.8, 4) is 17.2 Å². The molecule has 3 nitrogen and oxygen atoms in total. The Labute approximate surface area is 166 Å². The summed E-state index contributed by atoms with van der Waals surface area (Å²) in [5.41, 5.74) is 1.97. The molecule has 4 heteroatoms. The van der Waals surface area contributed by atoms with Crippen LogP contribution in [0.15, 0.2) is 91.0 Å². The van der Waals surface area contributed by atoms with Crippen LogP contribution in [0.4, 0.5) is 0 Å². The molecule has 0 aromatic heterocycles. The minimum atomic E-state index is -1.26. The van der Waals surface area contributed by atoms with E-state index in [0.717, 1.165) is 17.2 Å². The van der Waals surface area contributed by atoms with Crippen molar-refractivity contribution in [1.82, 2.24) is 0 Å². The number of hydrogen-bond donors (Lipinski definition) is 0. The average Bonchev–Trinajstić information content (AvgIpc) is 2.77. The summed E-state index contributed by atoms with van der Waals surface area (Å²) in [4.78, 5) is 0. The van der Waals surface area contributed by atoms with Gasteiger partial charge in [0.2, 0.25) is 0 Å². The van der Waals surface area contributed by atoms with Gasteiger partial charge in [0.1, 0.15) is 0 Å². The van der Waals surface area contributed by atoms with Gasteiger partial charge in [-0.1, -0.05) is 13.8 Å². The van der Waals surface area contributed by atoms with Gasteiger partial charge in [0.05, 0.1) is 0 Å². The maximum absolute atomic E-state index is 5.94. The zero-order valence-electron chi connectivity index (χ0n) is 15.9. The van der Waals surface area contributed by atoms with Crippen molar-refractivity contribution in [3.05, 3.63) is 91.0 Å². The topological polar surface area (TPSA) is 27.7 Å². The summed E-state index contributed by atoms with van der Waals surface area (Å²) < 4.78 is 17.8. The van der Waals surface area contributed by atoms with Crippen LogP contribution in [0, 0.1) is 0 Å². The van der Waals surface area contributed by atoms with Gasteiger partial charge in [-0.25, -0.2) is 0 Å². The van der Waals surface area contributed by atoms with E-state index in [2.05, 4.69) is 0 Å². The second kappa shape index (κ2) is 12.9. The molecule has 0 fully saturated rings. The molecule has 0 N–H and O–H groups in total. The minimum absolute atomic E-state index is 0.656. The van der Waals surface area contributed by atoms with Crippen LogP contribution >= 0.6 is 0 Å². The van der Waals surface area contributed by atoms with Crippen LogP contribution < -0.4 is 14.2 Å². The molecule has 0 heterocycles. The number of ether oxygens (including phenoxy) is 3. The molecule has 0 bridgehead atoms. The number of hydrogen-bond acceptors (Lipinski definition) is 3. The molecule has 3 aromatic carbocycles. The van der Waals surface area contributed by atoms with E-state index in [9.17, 15) is 0 Å². The van der Waals surface area contributed by atoms with E-state index in [-0.39, 0.29) is 0 Å². The van der Waals surface area contributed by atoms with Gasteiger partial charge >= 0.3 is 153 Å². The van der Waals surface area contributed by atoms with E-state index >= 15 is 0 Å². The van der Waals surface area contributed by atoms with Crippen LogP contribution in [0.2, 0.25) is 0 Å². The maximum atomic E-state index is 5.94. The van der Waals surface area contributed by atoms with Gasteiger partial charge in [-0.2, -0.15) is 0 Å². The van der Waals surface area contributed by atoms with Gasteiger partial charge < -0.3 is 0 Å². The molecule has 0 unspecified atom stereocenters. The molecular formula is C23H27CrO3. The van der Waals surface area contributed by atoms with Crippen molar-refractivity contribution < 1.29 is 28.4 Å². The fraction of sp³-hybridized carbons (Fsp3) is 0.217. The van der Waals surface area contributed by atoms with Crippen molar-refractivity contribution in [1.29, 1.82) is 0 Å². The summed E-state index contributed by atoms with van der Waals surface area (Å²) in [6.07, 6.45) is 0. The van der Waals surface area contributed by atoms with Gasteiger partial charge in [0, 0.05) is 0 Å². The van der Waals surface area contributed by atoms with E-state index < -0.39 is 14.1 Å². The zero-order valence-corrected chi connectivity index (χ0v) is 17.2. The number of para-hydroxylation sites is 3. The summed E-state index contributed by atoms with van der Waals surface area (Å²) >= 11 is -1.26. The molecule has 0 aliphatic carbocycles. The van der Waals surface area contributed by atoms with Crippen LogP contribution in [-0.2, 0) is 14.1 Å². The fourth-order valence-corrected chi connectivity index (χ4v) is 3.84. The SMILES string of the molecule is CC.c1ccc(O[CH2][Cr]([CH2]Oc2ccccc2)[CH2]Oc2ccccc2)cc1. The van der Waals surface area contributed by atoms with E-state index in [1.54, 1.807) is 0 Å². The van der Waals surface area contributed by atoms with Gasteiger partial charge in [0.25, 0.3) is 0 Å². The quantitative estimate of drug-likeness (QED) is 0.456. The van der Waals surface area contributed by atoms with E-state index in [0.29, 0.717) is 16.4 Å². The van der Waals surface area contributed by atoms with Crippen molar-refractivity contribution in [2.24, 2.45) is 0 Å². The van der Waals surface area contributed by atoms with Crippen molar-refractivity contribution in [2.75, 3.05) is 16.4 Å². The van der Waals surface area contributed by atoms with E-state index in [1.165, 1.54) is 0 Å². The molecule has 0 aliphatic heterocycles. The van der Waals surface area contributed by atoms with Crippen molar-refractivity contribution in [2.45, 2.75) is 13.8 Å². The van der Waals surface area contributed by atoms with Gasteiger partial charge in [-0.15, -0.1) is 0 Å². The van der Waals surface area contributed by atoms with Gasteiger partial charge in [0.15, 0.2) is 0 Å². The zero-order chi connectivity index (χ0) is 19.2. The Morgan fingerprint density at radius 1 is 0.481 bits per heavy atom. The van der Waals surface area contributed by atoms with Crippen LogP contribution in [-0.4, -0.2) is 16.4 Å². The molecule has 143 valence electrons. The first-order chi connectivity index (χ1) is 13.4. The predicted molar refractivity (Wildman–Crippen MR) is 107 cm³/mol. The Balaban J connectivity index is 0.00000126. The Bertz CT molecular complexity index is 617. The van der Waals surface area contributed by atoms with Crippen LogP contribution in [0.5, 0.6) is 17.2 Å². The first kappa shape index (κ1) is 20.9. The first-order valence-corrected chi connectivity index (χ1v) is 11.8. The number of benzene rings is 3. The summed E-state index contributed by atoms with van der Waals surface area (Å²) in [5, 5.41) is 0. The molecule has 0 saturated heterocycles. The molecule has 0 aliphatic rings. The second-order valence-electron chi connectivity index (χ2n) is 5.34. The number of rotatable bonds is 9. The standard InChI is InChI=1S/3C7H7O.C2H6.Cr/c3*1-8-7-5-3-2-4-6-7;1-2;/h3*2-6H,1H2;1-2H3;. The molecule has 3 rings (SSSR count). The van der Waals surface area contributed by atoms with E-state index in [4.69, 9.17) is 14.2 Å². The van der Waals surface area contributed by atoms with Crippen LogP contribution in [0.1, 0.15) is 13.8 Å². The normalized spacial score (nSPS) is 9.89. The van der Waals surface area contributed by atoms with Gasteiger partial charge in [-0.3, -0.25) is 0 Å². The first-order valence-electron chi connectivity index (χ1n) is 9.08. The Hall–Kier alpha value is -2.41. The Kier molecular flexibility index (Phi) is 9.96. The third-order valence-electron chi connectivity index (χ3n) is 3.41. The van der Waals surface area contributed by atoms with Crippen molar-refractivity contribution in [3.63, 3.8) is 0 Å². The Morgan fingerprint density at radius 2 is 0.741 bits per heavy atom. The molecule has 0 spiro atoms. The fourth-order valence-electron chi connectivity index (χ4n) is 2.11. The second-order valence-corrected chi connectivity index (χ2v) is 8.35.